The monoisotopic (exact) mass is 581 g/mol. The Bertz CT molecular complexity index is 1390. The predicted octanol–water partition coefficient (Wildman–Crippen LogP) is 4.05. The zero-order chi connectivity index (χ0) is 25.8. The minimum atomic E-state index is -3.84. The van der Waals surface area contributed by atoms with E-state index in [-0.39, 0.29) is 4.90 Å². The maximum Gasteiger partial charge on any atom is 0.261 e. The van der Waals surface area contributed by atoms with E-state index in [4.69, 9.17) is 4.74 Å². The van der Waals surface area contributed by atoms with Gasteiger partial charge in [0.15, 0.2) is 0 Å². The summed E-state index contributed by atoms with van der Waals surface area (Å²) in [5.41, 5.74) is 1.02. The van der Waals surface area contributed by atoms with Gasteiger partial charge in [0.05, 0.1) is 23.9 Å². The van der Waals surface area contributed by atoms with Gasteiger partial charge in [-0.05, 0) is 79.7 Å². The van der Waals surface area contributed by atoms with E-state index in [2.05, 4.69) is 26.0 Å². The van der Waals surface area contributed by atoms with Crippen molar-refractivity contribution in [3.63, 3.8) is 0 Å². The van der Waals surface area contributed by atoms with Gasteiger partial charge in [-0.15, -0.1) is 0 Å². The second-order valence-electron chi connectivity index (χ2n) is 7.56. The Morgan fingerprint density at radius 3 is 1.94 bits per heavy atom. The zero-order valence-corrected chi connectivity index (χ0v) is 22.3. The molecule has 0 unspecified atom stereocenters. The molecule has 1 amide bonds. The van der Waals surface area contributed by atoms with Gasteiger partial charge in [-0.25, -0.2) is 16.8 Å². The number of benzene rings is 3. The fraction of sp³-hybridized carbons (Fsp3) is 0.174. The summed E-state index contributed by atoms with van der Waals surface area (Å²) in [6.45, 7) is 1.46. The molecule has 0 fully saturated rings. The maximum absolute atomic E-state index is 12.9. The lowest BCUT2D eigenvalue weighted by atomic mass is 10.2. The molecule has 0 bridgehead atoms. The molecule has 3 rings (SSSR count). The minimum absolute atomic E-state index is 0.00228. The van der Waals surface area contributed by atoms with Crippen LogP contribution in [0.5, 0.6) is 5.75 Å². The summed E-state index contributed by atoms with van der Waals surface area (Å²) in [4.78, 5) is 12.9. The summed E-state index contributed by atoms with van der Waals surface area (Å²) in [6, 6.07) is 17.4. The van der Waals surface area contributed by atoms with Crippen LogP contribution >= 0.6 is 15.9 Å². The molecule has 0 heterocycles. The first-order valence-electron chi connectivity index (χ1n) is 10.2. The van der Waals surface area contributed by atoms with Crippen molar-refractivity contribution in [2.45, 2.75) is 17.9 Å². The number of nitrogens with zero attached hydrogens (tertiary/aromatic N) is 1. The number of methoxy groups -OCH3 is 1. The molecule has 0 aromatic heterocycles. The van der Waals surface area contributed by atoms with Gasteiger partial charge < -0.3 is 10.1 Å². The molecule has 35 heavy (non-hydrogen) atoms. The Morgan fingerprint density at radius 2 is 1.43 bits per heavy atom. The highest BCUT2D eigenvalue weighted by Crippen LogP contribution is 2.25. The van der Waals surface area contributed by atoms with Gasteiger partial charge in [-0.2, -0.15) is 0 Å². The molecule has 1 atom stereocenters. The summed E-state index contributed by atoms with van der Waals surface area (Å²) < 4.78 is 59.6. The van der Waals surface area contributed by atoms with Crippen LogP contribution in [-0.2, 0) is 24.8 Å². The normalized spacial score (nSPS) is 12.5. The zero-order valence-electron chi connectivity index (χ0n) is 19.1. The molecule has 12 heteroatoms. The third-order valence-corrected chi connectivity index (χ3v) is 8.11. The van der Waals surface area contributed by atoms with Gasteiger partial charge in [0.2, 0.25) is 15.9 Å². The molecule has 3 aromatic carbocycles. The van der Waals surface area contributed by atoms with E-state index in [0.29, 0.717) is 22.8 Å². The average molecular weight is 582 g/mol. The van der Waals surface area contributed by atoms with Crippen LogP contribution in [0.3, 0.4) is 0 Å². The molecule has 0 spiro atoms. The van der Waals surface area contributed by atoms with E-state index in [1.54, 1.807) is 48.5 Å². The van der Waals surface area contributed by atoms with Crippen molar-refractivity contribution in [2.24, 2.45) is 0 Å². The van der Waals surface area contributed by atoms with E-state index in [9.17, 15) is 21.6 Å². The standard InChI is InChI=1S/C23H24BrN3O6S2/c1-16(27(34(3,29)30)20-10-12-21(33-2)13-11-20)23(28)25-18-8-14-22(15-9-18)35(31,32)26-19-6-4-17(24)5-7-19/h4-16,26H,1-3H3,(H,25,28)/t16-/m0/s1. The lowest BCUT2D eigenvalue weighted by Gasteiger charge is -2.28. The largest absolute Gasteiger partial charge is 0.497 e. The number of sulfonamides is 2. The van der Waals surface area contributed by atoms with Gasteiger partial charge in [0.25, 0.3) is 10.0 Å². The van der Waals surface area contributed by atoms with E-state index < -0.39 is 32.0 Å². The molecular formula is C23H24BrN3O6S2. The van der Waals surface area contributed by atoms with Crippen LogP contribution in [0.4, 0.5) is 17.1 Å². The van der Waals surface area contributed by atoms with E-state index >= 15 is 0 Å². The molecule has 3 aromatic rings. The molecule has 186 valence electrons. The van der Waals surface area contributed by atoms with Crippen LogP contribution in [0.2, 0.25) is 0 Å². The fourth-order valence-electron chi connectivity index (χ4n) is 3.23. The van der Waals surface area contributed by atoms with Crippen LogP contribution in [-0.4, -0.2) is 42.2 Å². The van der Waals surface area contributed by atoms with Crippen LogP contribution in [0.1, 0.15) is 6.92 Å². The average Bonchev–Trinajstić information content (AvgIpc) is 2.80. The van der Waals surface area contributed by atoms with E-state index in [0.717, 1.165) is 15.0 Å². The highest BCUT2D eigenvalue weighted by Gasteiger charge is 2.29. The fourth-order valence-corrected chi connectivity index (χ4v) is 5.73. The maximum atomic E-state index is 12.9. The lowest BCUT2D eigenvalue weighted by Crippen LogP contribution is -2.45. The number of rotatable bonds is 9. The summed E-state index contributed by atoms with van der Waals surface area (Å²) >= 11 is 3.29. The Balaban J connectivity index is 1.75. The third kappa shape index (κ3) is 6.74. The van der Waals surface area contributed by atoms with Gasteiger partial charge in [-0.3, -0.25) is 13.8 Å². The molecule has 9 nitrogen and oxygen atoms in total. The minimum Gasteiger partial charge on any atom is -0.497 e. The highest BCUT2D eigenvalue weighted by atomic mass is 79.9. The van der Waals surface area contributed by atoms with Crippen LogP contribution in [0, 0.1) is 0 Å². The number of carbonyl (C=O) groups excluding carboxylic acids is 1. The van der Waals surface area contributed by atoms with Crippen LogP contribution in [0.25, 0.3) is 0 Å². The smallest absolute Gasteiger partial charge is 0.261 e. The molecule has 0 aliphatic heterocycles. The van der Waals surface area contributed by atoms with Crippen molar-refractivity contribution in [1.29, 1.82) is 0 Å². The van der Waals surface area contributed by atoms with Crippen molar-refractivity contribution in [3.8, 4) is 5.75 Å². The van der Waals surface area contributed by atoms with Gasteiger partial charge in [0, 0.05) is 15.8 Å². The number of hydrogen-bond acceptors (Lipinski definition) is 6. The third-order valence-electron chi connectivity index (χ3n) is 4.94. The van der Waals surface area contributed by atoms with Crippen molar-refractivity contribution < 1.29 is 26.4 Å². The summed E-state index contributed by atoms with van der Waals surface area (Å²) in [6.07, 6.45) is 1.01. The Morgan fingerprint density at radius 1 is 0.886 bits per heavy atom. The topological polar surface area (TPSA) is 122 Å². The van der Waals surface area contributed by atoms with E-state index in [1.807, 2.05) is 0 Å². The van der Waals surface area contributed by atoms with Crippen LogP contribution < -0.4 is 19.1 Å². The second kappa shape index (κ2) is 10.7. The molecule has 0 aliphatic carbocycles. The second-order valence-corrected chi connectivity index (χ2v) is 12.0. The number of halogens is 1. The van der Waals surface area contributed by atoms with Crippen molar-refractivity contribution in [3.05, 3.63) is 77.3 Å². The number of amides is 1. The van der Waals surface area contributed by atoms with Gasteiger partial charge in [-0.1, -0.05) is 15.9 Å². The first-order valence-corrected chi connectivity index (χ1v) is 14.4. The molecule has 0 saturated carbocycles. The summed E-state index contributed by atoms with van der Waals surface area (Å²) in [5, 5.41) is 2.63. The highest BCUT2D eigenvalue weighted by molar-refractivity contribution is 9.10. The number of hydrogen-bond donors (Lipinski definition) is 2. The first kappa shape index (κ1) is 26.5. The van der Waals surface area contributed by atoms with Crippen molar-refractivity contribution >= 4 is 58.9 Å². The summed E-state index contributed by atoms with van der Waals surface area (Å²) in [5.74, 6) is -0.0428. The van der Waals surface area contributed by atoms with Gasteiger partial charge >= 0.3 is 0 Å². The SMILES string of the molecule is COc1ccc(N([C@@H](C)C(=O)Nc2ccc(S(=O)(=O)Nc3ccc(Br)cc3)cc2)S(C)(=O)=O)cc1. The molecule has 0 aliphatic rings. The first-order chi connectivity index (χ1) is 16.4. The van der Waals surface area contributed by atoms with Gasteiger partial charge in [0.1, 0.15) is 11.8 Å². The number of nitrogens with one attached hydrogen (secondary N) is 2. The number of anilines is 3. The van der Waals surface area contributed by atoms with Crippen LogP contribution in [0.15, 0.2) is 82.2 Å². The van der Waals surface area contributed by atoms with E-state index in [1.165, 1.54) is 38.3 Å². The van der Waals surface area contributed by atoms with Crippen molar-refractivity contribution in [1.82, 2.24) is 0 Å². The Labute approximate surface area is 213 Å². The molecule has 2 N–H and O–H groups in total. The molecular weight excluding hydrogens is 558 g/mol. The number of ether oxygens (including phenoxy) is 1. The molecule has 0 radical (unpaired) electrons. The molecule has 0 saturated heterocycles. The predicted molar refractivity (Wildman–Crippen MR) is 140 cm³/mol. The summed E-state index contributed by atoms with van der Waals surface area (Å²) in [7, 11) is -6.14. The van der Waals surface area contributed by atoms with Crippen molar-refractivity contribution in [2.75, 3.05) is 27.7 Å². The Kier molecular flexibility index (Phi) is 8.08. The Hall–Kier alpha value is -3.09. The quantitative estimate of drug-likeness (QED) is 0.393. The number of carbonyl (C=O) groups is 1. The lowest BCUT2D eigenvalue weighted by molar-refractivity contribution is -0.116.